The molecule has 0 radical (unpaired) electrons. The van der Waals surface area contributed by atoms with Gasteiger partial charge in [-0.05, 0) is 42.0 Å². The van der Waals surface area contributed by atoms with Crippen LogP contribution >= 0.6 is 15.9 Å². The molecule has 0 fully saturated rings. The molecule has 6 heteroatoms. The molecule has 1 aliphatic heterocycles. The second-order valence-electron chi connectivity index (χ2n) is 6.50. The number of rotatable bonds is 6. The molecule has 0 aromatic heterocycles. The molecule has 3 aromatic carbocycles. The topological polar surface area (TPSA) is 57.1 Å². The Morgan fingerprint density at radius 1 is 1.00 bits per heavy atom. The summed E-state index contributed by atoms with van der Waals surface area (Å²) in [5.41, 5.74) is 2.63. The van der Waals surface area contributed by atoms with E-state index in [2.05, 4.69) is 20.9 Å². The van der Waals surface area contributed by atoms with Crippen LogP contribution in [0.1, 0.15) is 16.7 Å². The first-order valence-corrected chi connectivity index (χ1v) is 10.1. The van der Waals surface area contributed by atoms with Crippen molar-refractivity contribution >= 4 is 33.9 Å². The van der Waals surface area contributed by atoms with E-state index >= 15 is 0 Å². The van der Waals surface area contributed by atoms with E-state index in [1.165, 1.54) is 0 Å². The fraction of sp³-hybridized carbons (Fsp3) is 0.0833. The van der Waals surface area contributed by atoms with Gasteiger partial charge in [0.15, 0.2) is 17.2 Å². The lowest BCUT2D eigenvalue weighted by atomic mass is 10.1. The van der Waals surface area contributed by atoms with Crippen molar-refractivity contribution in [1.29, 1.82) is 0 Å². The molecule has 0 aliphatic carbocycles. The monoisotopic (exact) mass is 463 g/mol. The molecule has 1 heterocycles. The Labute approximate surface area is 182 Å². The van der Waals surface area contributed by atoms with Crippen LogP contribution in [0.5, 0.6) is 11.5 Å². The highest BCUT2D eigenvalue weighted by atomic mass is 79.9. The number of aliphatic imine (C=N–C) groups is 1. The Morgan fingerprint density at radius 2 is 1.77 bits per heavy atom. The van der Waals surface area contributed by atoms with Gasteiger partial charge >= 0.3 is 5.97 Å². The molecule has 0 unspecified atom stereocenters. The fourth-order valence-electron chi connectivity index (χ4n) is 2.96. The van der Waals surface area contributed by atoms with E-state index in [1.54, 1.807) is 13.2 Å². The van der Waals surface area contributed by atoms with Gasteiger partial charge < -0.3 is 14.2 Å². The zero-order valence-electron chi connectivity index (χ0n) is 16.2. The SMILES string of the molecule is COc1cccc(/C=C2\N=C(c3ccccc3)OC2=O)c1OCc1ccc(Br)cc1. The number of esters is 1. The maximum Gasteiger partial charge on any atom is 0.363 e. The number of ether oxygens (including phenoxy) is 3. The minimum Gasteiger partial charge on any atom is -0.493 e. The first-order chi connectivity index (χ1) is 14.6. The summed E-state index contributed by atoms with van der Waals surface area (Å²) >= 11 is 3.43. The van der Waals surface area contributed by atoms with Crippen molar-refractivity contribution in [3.63, 3.8) is 0 Å². The highest BCUT2D eigenvalue weighted by molar-refractivity contribution is 9.10. The summed E-state index contributed by atoms with van der Waals surface area (Å²) in [6.07, 6.45) is 1.65. The number of hydrogen-bond donors (Lipinski definition) is 0. The quantitative estimate of drug-likeness (QED) is 0.363. The third-order valence-electron chi connectivity index (χ3n) is 4.46. The van der Waals surface area contributed by atoms with Crippen LogP contribution in [0.25, 0.3) is 6.08 Å². The Morgan fingerprint density at radius 3 is 2.50 bits per heavy atom. The van der Waals surface area contributed by atoms with Crippen molar-refractivity contribution in [2.75, 3.05) is 7.11 Å². The zero-order valence-corrected chi connectivity index (χ0v) is 17.8. The molecule has 0 N–H and O–H groups in total. The molecule has 0 amide bonds. The third-order valence-corrected chi connectivity index (χ3v) is 4.99. The summed E-state index contributed by atoms with van der Waals surface area (Å²) in [7, 11) is 1.58. The number of hydrogen-bond acceptors (Lipinski definition) is 5. The summed E-state index contributed by atoms with van der Waals surface area (Å²) in [5, 5.41) is 0. The lowest BCUT2D eigenvalue weighted by molar-refractivity contribution is -0.129. The molecular weight excluding hydrogens is 446 g/mol. The third kappa shape index (κ3) is 4.44. The number of benzene rings is 3. The number of halogens is 1. The average Bonchev–Trinajstić information content (AvgIpc) is 3.14. The van der Waals surface area contributed by atoms with Crippen molar-refractivity contribution < 1.29 is 19.0 Å². The van der Waals surface area contributed by atoms with Crippen molar-refractivity contribution in [2.45, 2.75) is 6.61 Å². The van der Waals surface area contributed by atoms with Gasteiger partial charge in [-0.25, -0.2) is 9.79 Å². The predicted molar refractivity (Wildman–Crippen MR) is 119 cm³/mol. The van der Waals surface area contributed by atoms with Gasteiger partial charge in [0, 0.05) is 15.6 Å². The molecule has 1 aliphatic rings. The van der Waals surface area contributed by atoms with Gasteiger partial charge in [-0.3, -0.25) is 0 Å². The van der Waals surface area contributed by atoms with Crippen LogP contribution in [0, 0.1) is 0 Å². The van der Waals surface area contributed by atoms with Crippen LogP contribution in [-0.2, 0) is 16.1 Å². The van der Waals surface area contributed by atoms with Gasteiger partial charge in [0.1, 0.15) is 6.61 Å². The van der Waals surface area contributed by atoms with Crippen molar-refractivity contribution in [1.82, 2.24) is 0 Å². The number of cyclic esters (lactones) is 1. The minimum atomic E-state index is -0.504. The Hall–Kier alpha value is -3.38. The van der Waals surface area contributed by atoms with Gasteiger partial charge in [0.2, 0.25) is 5.90 Å². The van der Waals surface area contributed by atoms with Crippen LogP contribution in [0.15, 0.2) is 88.0 Å². The summed E-state index contributed by atoms with van der Waals surface area (Å²) in [5.74, 6) is 0.884. The van der Waals surface area contributed by atoms with Crippen molar-refractivity contribution in [3.8, 4) is 11.5 Å². The van der Waals surface area contributed by atoms with Gasteiger partial charge in [-0.2, -0.15) is 0 Å². The van der Waals surface area contributed by atoms with E-state index in [1.807, 2.05) is 72.8 Å². The molecule has 30 heavy (non-hydrogen) atoms. The standard InChI is InChI=1S/C24H18BrNO4/c1-28-21-9-5-8-18(22(21)29-15-16-10-12-19(25)13-11-16)14-20-24(27)30-23(26-20)17-6-3-2-4-7-17/h2-14H,15H2,1H3/b20-14-. The Balaban J connectivity index is 1.64. The number of carbonyl (C=O) groups excluding carboxylic acids is 1. The van der Waals surface area contributed by atoms with E-state index in [0.717, 1.165) is 15.6 Å². The first-order valence-electron chi connectivity index (χ1n) is 9.26. The maximum absolute atomic E-state index is 12.4. The van der Waals surface area contributed by atoms with E-state index in [9.17, 15) is 4.79 Å². The molecule has 5 nitrogen and oxygen atoms in total. The van der Waals surface area contributed by atoms with E-state index in [4.69, 9.17) is 14.2 Å². The van der Waals surface area contributed by atoms with Crippen molar-refractivity contribution in [2.24, 2.45) is 4.99 Å². The van der Waals surface area contributed by atoms with E-state index in [0.29, 0.717) is 23.7 Å². The van der Waals surface area contributed by atoms with Gasteiger partial charge in [0.05, 0.1) is 7.11 Å². The van der Waals surface area contributed by atoms with Gasteiger partial charge in [-0.1, -0.05) is 58.4 Å². The van der Waals surface area contributed by atoms with E-state index < -0.39 is 5.97 Å². The summed E-state index contributed by atoms with van der Waals surface area (Å²) < 4.78 is 17.9. The maximum atomic E-state index is 12.4. The van der Waals surface area contributed by atoms with Crippen LogP contribution in [0.2, 0.25) is 0 Å². The summed E-state index contributed by atoms with van der Waals surface area (Å²) in [6, 6.07) is 22.7. The molecule has 150 valence electrons. The van der Waals surface area contributed by atoms with Gasteiger partial charge in [0.25, 0.3) is 0 Å². The average molecular weight is 464 g/mol. The molecule has 0 saturated heterocycles. The second kappa shape index (κ2) is 8.97. The number of para-hydroxylation sites is 1. The fourth-order valence-corrected chi connectivity index (χ4v) is 3.22. The normalized spacial score (nSPS) is 14.4. The van der Waals surface area contributed by atoms with Crippen LogP contribution in [0.4, 0.5) is 0 Å². The smallest absolute Gasteiger partial charge is 0.363 e. The lowest BCUT2D eigenvalue weighted by Gasteiger charge is -2.13. The van der Waals surface area contributed by atoms with E-state index in [-0.39, 0.29) is 11.6 Å². The Kier molecular flexibility index (Phi) is 5.95. The minimum absolute atomic E-state index is 0.204. The van der Waals surface area contributed by atoms with Gasteiger partial charge in [-0.15, -0.1) is 0 Å². The summed E-state index contributed by atoms with van der Waals surface area (Å²) in [6.45, 7) is 0.354. The van der Waals surface area contributed by atoms with Crippen LogP contribution in [-0.4, -0.2) is 19.0 Å². The Bertz CT molecular complexity index is 1120. The zero-order chi connectivity index (χ0) is 20.9. The molecule has 0 bridgehead atoms. The largest absolute Gasteiger partial charge is 0.493 e. The highest BCUT2D eigenvalue weighted by Gasteiger charge is 2.24. The molecule has 4 rings (SSSR count). The van der Waals surface area contributed by atoms with Crippen molar-refractivity contribution in [3.05, 3.63) is 99.7 Å². The lowest BCUT2D eigenvalue weighted by Crippen LogP contribution is -2.05. The molecular formula is C24H18BrNO4. The molecule has 3 aromatic rings. The second-order valence-corrected chi connectivity index (χ2v) is 7.41. The number of nitrogens with zero attached hydrogens (tertiary/aromatic N) is 1. The highest BCUT2D eigenvalue weighted by Crippen LogP contribution is 2.34. The predicted octanol–water partition coefficient (Wildman–Crippen LogP) is 5.38. The first kappa shape index (κ1) is 19.9. The molecule has 0 saturated carbocycles. The number of carbonyl (C=O) groups is 1. The molecule has 0 atom stereocenters. The molecule has 0 spiro atoms. The number of methoxy groups -OCH3 is 1. The summed E-state index contributed by atoms with van der Waals surface area (Å²) in [4.78, 5) is 16.7. The van der Waals surface area contributed by atoms with Crippen LogP contribution in [0.3, 0.4) is 0 Å². The van der Waals surface area contributed by atoms with Crippen LogP contribution < -0.4 is 9.47 Å².